The number of primary amides is 1. The van der Waals surface area contributed by atoms with Crippen molar-refractivity contribution in [2.24, 2.45) is 11.5 Å². The standard InChI is InChI=1S/C14H20N8O/c1-8-10(15)3-2-4-22(8)11-7-17-12(13(16)23)14(21-11)20-9-5-18-19-6-9/h5-8,10H,2-4,15H2,1H3,(H2,16,23)(H,18,19)(H,20,21)/t8-,10-/m1/s1. The van der Waals surface area contributed by atoms with Crippen LogP contribution in [0.2, 0.25) is 0 Å². The minimum absolute atomic E-state index is 0.0870. The molecule has 3 heterocycles. The normalized spacial score (nSPS) is 21.2. The number of hydrogen-bond donors (Lipinski definition) is 4. The molecule has 2 atom stereocenters. The summed E-state index contributed by atoms with van der Waals surface area (Å²) in [4.78, 5) is 22.4. The van der Waals surface area contributed by atoms with E-state index >= 15 is 0 Å². The Kier molecular flexibility index (Phi) is 4.11. The van der Waals surface area contributed by atoms with Crippen molar-refractivity contribution in [2.75, 3.05) is 16.8 Å². The maximum Gasteiger partial charge on any atom is 0.271 e. The zero-order chi connectivity index (χ0) is 16.4. The lowest BCUT2D eigenvalue weighted by atomic mass is 9.98. The Balaban J connectivity index is 1.94. The predicted molar refractivity (Wildman–Crippen MR) is 86.4 cm³/mol. The van der Waals surface area contributed by atoms with Gasteiger partial charge in [-0.25, -0.2) is 9.97 Å². The fourth-order valence-electron chi connectivity index (χ4n) is 2.74. The summed E-state index contributed by atoms with van der Waals surface area (Å²) in [5.74, 6) is 0.338. The SMILES string of the molecule is C[C@@H]1[C@H](N)CCCN1c1cnc(C(N)=O)c(Nc2cn[nH]c2)n1. The average molecular weight is 316 g/mol. The molecule has 23 heavy (non-hydrogen) atoms. The smallest absolute Gasteiger partial charge is 0.271 e. The van der Waals surface area contributed by atoms with Gasteiger partial charge >= 0.3 is 0 Å². The number of piperidine rings is 1. The van der Waals surface area contributed by atoms with E-state index in [1.54, 1.807) is 18.6 Å². The van der Waals surface area contributed by atoms with Crippen molar-refractivity contribution in [1.29, 1.82) is 0 Å². The lowest BCUT2D eigenvalue weighted by molar-refractivity contribution is 0.0996. The molecule has 6 N–H and O–H groups in total. The Morgan fingerprint density at radius 1 is 1.48 bits per heavy atom. The van der Waals surface area contributed by atoms with Crippen LogP contribution < -0.4 is 21.7 Å². The first-order valence-corrected chi connectivity index (χ1v) is 7.51. The number of H-pyrrole nitrogens is 1. The van der Waals surface area contributed by atoms with Gasteiger partial charge in [-0.1, -0.05) is 0 Å². The van der Waals surface area contributed by atoms with Crippen LogP contribution in [-0.4, -0.2) is 44.7 Å². The molecule has 9 nitrogen and oxygen atoms in total. The summed E-state index contributed by atoms with van der Waals surface area (Å²) in [6, 6.07) is 0.242. The van der Waals surface area contributed by atoms with Crippen molar-refractivity contribution in [3.63, 3.8) is 0 Å². The largest absolute Gasteiger partial charge is 0.364 e. The summed E-state index contributed by atoms with van der Waals surface area (Å²) in [5.41, 5.74) is 12.3. The summed E-state index contributed by atoms with van der Waals surface area (Å²) >= 11 is 0. The molecule has 1 aliphatic rings. The molecule has 3 rings (SSSR count). The lowest BCUT2D eigenvalue weighted by Gasteiger charge is -2.38. The Bertz CT molecular complexity index is 686. The summed E-state index contributed by atoms with van der Waals surface area (Å²) in [6.07, 6.45) is 6.78. The Hall–Kier alpha value is -2.68. The summed E-state index contributed by atoms with van der Waals surface area (Å²) in [7, 11) is 0. The molecule has 0 radical (unpaired) electrons. The second-order valence-corrected chi connectivity index (χ2v) is 5.64. The molecule has 1 fully saturated rings. The van der Waals surface area contributed by atoms with Crippen molar-refractivity contribution < 1.29 is 4.79 Å². The molecule has 0 bridgehead atoms. The van der Waals surface area contributed by atoms with Crippen LogP contribution >= 0.6 is 0 Å². The maximum atomic E-state index is 11.6. The first-order chi connectivity index (χ1) is 11.1. The van der Waals surface area contributed by atoms with Gasteiger partial charge < -0.3 is 21.7 Å². The summed E-state index contributed by atoms with van der Waals surface area (Å²) in [5, 5.41) is 9.55. The van der Waals surface area contributed by atoms with Crippen molar-refractivity contribution in [2.45, 2.75) is 31.8 Å². The van der Waals surface area contributed by atoms with Gasteiger partial charge in [0.2, 0.25) is 0 Å². The zero-order valence-electron chi connectivity index (χ0n) is 12.9. The molecule has 9 heteroatoms. The number of nitrogens with two attached hydrogens (primary N) is 2. The molecule has 2 aromatic heterocycles. The lowest BCUT2D eigenvalue weighted by Crippen LogP contribution is -2.50. The number of aromatic amines is 1. The predicted octanol–water partition coefficient (Wildman–Crippen LogP) is 0.358. The van der Waals surface area contributed by atoms with E-state index in [-0.39, 0.29) is 17.8 Å². The Morgan fingerprint density at radius 3 is 3.00 bits per heavy atom. The van der Waals surface area contributed by atoms with Gasteiger partial charge in [-0.15, -0.1) is 0 Å². The van der Waals surface area contributed by atoms with Gasteiger partial charge in [-0.3, -0.25) is 9.89 Å². The number of nitrogens with one attached hydrogen (secondary N) is 2. The van der Waals surface area contributed by atoms with Crippen LogP contribution in [0.5, 0.6) is 0 Å². The van der Waals surface area contributed by atoms with Gasteiger partial charge in [0.25, 0.3) is 5.91 Å². The van der Waals surface area contributed by atoms with Gasteiger partial charge in [0.15, 0.2) is 11.5 Å². The number of aromatic nitrogens is 4. The number of anilines is 3. The van der Waals surface area contributed by atoms with Crippen molar-refractivity contribution in [1.82, 2.24) is 20.2 Å². The molecule has 0 unspecified atom stereocenters. The van der Waals surface area contributed by atoms with E-state index in [4.69, 9.17) is 11.5 Å². The van der Waals surface area contributed by atoms with Gasteiger partial charge in [0, 0.05) is 24.8 Å². The minimum Gasteiger partial charge on any atom is -0.364 e. The van der Waals surface area contributed by atoms with Crippen LogP contribution in [0.25, 0.3) is 0 Å². The molecule has 1 saturated heterocycles. The Labute approximate surface area is 133 Å². The van der Waals surface area contributed by atoms with Gasteiger partial charge in [0.1, 0.15) is 5.82 Å². The van der Waals surface area contributed by atoms with E-state index in [1.807, 2.05) is 0 Å². The molecular weight excluding hydrogens is 296 g/mol. The number of carbonyl (C=O) groups is 1. The second-order valence-electron chi connectivity index (χ2n) is 5.64. The molecule has 0 spiro atoms. The van der Waals surface area contributed by atoms with Gasteiger partial charge in [-0.2, -0.15) is 5.10 Å². The molecule has 0 aliphatic carbocycles. The summed E-state index contributed by atoms with van der Waals surface area (Å²) < 4.78 is 0. The fraction of sp³-hybridized carbons (Fsp3) is 0.429. The number of amides is 1. The molecule has 122 valence electrons. The molecule has 0 saturated carbocycles. The highest BCUT2D eigenvalue weighted by Gasteiger charge is 2.27. The van der Waals surface area contributed by atoms with E-state index in [0.717, 1.165) is 19.4 Å². The number of carbonyl (C=O) groups excluding carboxylic acids is 1. The molecule has 1 aliphatic heterocycles. The van der Waals surface area contributed by atoms with Crippen molar-refractivity contribution >= 4 is 23.2 Å². The first kappa shape index (κ1) is 15.2. The third-order valence-electron chi connectivity index (χ3n) is 4.10. The number of nitrogens with zero attached hydrogens (tertiary/aromatic N) is 4. The van der Waals surface area contributed by atoms with Crippen LogP contribution in [-0.2, 0) is 0 Å². The Morgan fingerprint density at radius 2 is 2.30 bits per heavy atom. The highest BCUT2D eigenvalue weighted by atomic mass is 16.1. The maximum absolute atomic E-state index is 11.6. The van der Waals surface area contributed by atoms with Gasteiger partial charge in [-0.05, 0) is 19.8 Å². The third kappa shape index (κ3) is 3.09. The van der Waals surface area contributed by atoms with Crippen molar-refractivity contribution in [3.05, 3.63) is 24.3 Å². The highest BCUT2D eigenvalue weighted by Crippen LogP contribution is 2.25. The van der Waals surface area contributed by atoms with Crippen LogP contribution in [0.1, 0.15) is 30.3 Å². The minimum atomic E-state index is -0.640. The monoisotopic (exact) mass is 316 g/mol. The third-order valence-corrected chi connectivity index (χ3v) is 4.10. The molecule has 0 aromatic carbocycles. The van der Waals surface area contributed by atoms with Crippen LogP contribution in [0.4, 0.5) is 17.3 Å². The van der Waals surface area contributed by atoms with E-state index in [1.165, 1.54) is 0 Å². The summed E-state index contributed by atoms with van der Waals surface area (Å²) in [6.45, 7) is 2.92. The second kappa shape index (κ2) is 6.21. The average Bonchev–Trinajstić information content (AvgIpc) is 3.02. The van der Waals surface area contributed by atoms with Gasteiger partial charge in [0.05, 0.1) is 18.1 Å². The zero-order valence-corrected chi connectivity index (χ0v) is 12.9. The van der Waals surface area contributed by atoms with Crippen LogP contribution in [0.3, 0.4) is 0 Å². The first-order valence-electron chi connectivity index (χ1n) is 7.51. The molecular formula is C14H20N8O. The van der Waals surface area contributed by atoms with E-state index in [9.17, 15) is 4.79 Å². The molecule has 1 amide bonds. The number of rotatable bonds is 4. The number of hydrogen-bond acceptors (Lipinski definition) is 7. The topological polar surface area (TPSA) is 139 Å². The van der Waals surface area contributed by atoms with E-state index in [0.29, 0.717) is 17.3 Å². The molecule has 2 aromatic rings. The fourth-order valence-corrected chi connectivity index (χ4v) is 2.74. The van der Waals surface area contributed by atoms with Crippen LogP contribution in [0, 0.1) is 0 Å². The van der Waals surface area contributed by atoms with E-state index < -0.39 is 5.91 Å². The van der Waals surface area contributed by atoms with Crippen molar-refractivity contribution in [3.8, 4) is 0 Å². The highest BCUT2D eigenvalue weighted by molar-refractivity contribution is 5.96. The quantitative estimate of drug-likeness (QED) is 0.638. The van der Waals surface area contributed by atoms with Crippen LogP contribution in [0.15, 0.2) is 18.6 Å². The van der Waals surface area contributed by atoms with E-state index in [2.05, 4.69) is 37.3 Å².